The summed E-state index contributed by atoms with van der Waals surface area (Å²) in [6, 6.07) is 0.229. The quantitative estimate of drug-likeness (QED) is 0.860. The molecule has 0 aromatic carbocycles. The molecule has 100 valence electrons. The lowest BCUT2D eigenvalue weighted by atomic mass is 10.0. The van der Waals surface area contributed by atoms with Gasteiger partial charge >= 0.3 is 0 Å². The third-order valence-electron chi connectivity index (χ3n) is 2.96. The van der Waals surface area contributed by atoms with E-state index in [2.05, 4.69) is 15.5 Å². The molecule has 0 radical (unpaired) electrons. The Balaban J connectivity index is 1.98. The molecule has 1 amide bonds. The van der Waals surface area contributed by atoms with E-state index in [0.717, 1.165) is 19.4 Å². The molecule has 1 aromatic rings. The van der Waals surface area contributed by atoms with E-state index in [0.29, 0.717) is 24.3 Å². The van der Waals surface area contributed by atoms with Gasteiger partial charge in [-0.2, -0.15) is 4.98 Å². The molecule has 1 unspecified atom stereocenters. The topological polar surface area (TPSA) is 71.3 Å². The molecule has 2 heterocycles. The zero-order chi connectivity index (χ0) is 13.1. The predicted molar refractivity (Wildman–Crippen MR) is 65.7 cm³/mol. The predicted octanol–water partition coefficient (Wildman–Crippen LogP) is 0.867. The summed E-state index contributed by atoms with van der Waals surface area (Å²) in [5, 5.41) is 7.03. The van der Waals surface area contributed by atoms with Gasteiger partial charge in [0.05, 0.1) is 6.04 Å². The number of piperidine rings is 1. The molecule has 1 N–H and O–H groups in total. The van der Waals surface area contributed by atoms with Crippen molar-refractivity contribution in [3.8, 4) is 0 Å². The van der Waals surface area contributed by atoms with Crippen molar-refractivity contribution in [3.05, 3.63) is 11.7 Å². The number of aromatic nitrogens is 2. The van der Waals surface area contributed by atoms with Gasteiger partial charge in [-0.1, -0.05) is 19.0 Å². The minimum atomic E-state index is -0.0808. The van der Waals surface area contributed by atoms with Crippen LogP contribution in [0.3, 0.4) is 0 Å². The van der Waals surface area contributed by atoms with Crippen LogP contribution in [0.15, 0.2) is 4.52 Å². The van der Waals surface area contributed by atoms with Crippen LogP contribution in [0.25, 0.3) is 0 Å². The summed E-state index contributed by atoms with van der Waals surface area (Å²) in [7, 11) is 0. The number of nitrogens with zero attached hydrogens (tertiary/aromatic N) is 3. The molecule has 1 atom stereocenters. The highest BCUT2D eigenvalue weighted by Gasteiger charge is 2.29. The van der Waals surface area contributed by atoms with Crippen LogP contribution < -0.4 is 5.32 Å². The smallest absolute Gasteiger partial charge is 0.246 e. The van der Waals surface area contributed by atoms with Gasteiger partial charge in [0.15, 0.2) is 5.82 Å². The number of nitrogens with one attached hydrogen (secondary N) is 1. The zero-order valence-electron chi connectivity index (χ0n) is 11.1. The van der Waals surface area contributed by atoms with Crippen molar-refractivity contribution in [2.45, 2.75) is 52.2 Å². The molecular weight excluding hydrogens is 232 g/mol. The summed E-state index contributed by atoms with van der Waals surface area (Å²) in [5.41, 5.74) is 0. The van der Waals surface area contributed by atoms with Gasteiger partial charge in [-0.25, -0.2) is 0 Å². The van der Waals surface area contributed by atoms with Crippen molar-refractivity contribution in [2.75, 3.05) is 6.54 Å². The molecule has 0 bridgehead atoms. The van der Waals surface area contributed by atoms with Gasteiger partial charge in [0.1, 0.15) is 6.54 Å². The summed E-state index contributed by atoms with van der Waals surface area (Å²) in [4.78, 5) is 18.2. The molecular formula is C12H20N4O2. The Morgan fingerprint density at radius 2 is 2.33 bits per heavy atom. The summed E-state index contributed by atoms with van der Waals surface area (Å²) in [6.45, 7) is 7.04. The molecule has 2 rings (SSSR count). The number of hydrogen-bond donors (Lipinski definition) is 1. The Labute approximate surface area is 107 Å². The Kier molecular flexibility index (Phi) is 3.96. The highest BCUT2D eigenvalue weighted by molar-refractivity contribution is 5.82. The molecule has 0 saturated carbocycles. The van der Waals surface area contributed by atoms with E-state index < -0.39 is 0 Å². The average molecular weight is 252 g/mol. The first kappa shape index (κ1) is 13.0. The number of likely N-dealkylation sites (tertiary alicyclic amines) is 1. The summed E-state index contributed by atoms with van der Waals surface area (Å²) < 4.78 is 5.06. The molecule has 1 fully saturated rings. The van der Waals surface area contributed by atoms with Gasteiger partial charge in [-0.15, -0.1) is 0 Å². The fourth-order valence-electron chi connectivity index (χ4n) is 2.22. The highest BCUT2D eigenvalue weighted by Crippen LogP contribution is 2.15. The minimum absolute atomic E-state index is 0.0808. The maximum Gasteiger partial charge on any atom is 0.246 e. The van der Waals surface area contributed by atoms with Crippen molar-refractivity contribution < 1.29 is 9.32 Å². The van der Waals surface area contributed by atoms with Crippen molar-refractivity contribution in [2.24, 2.45) is 0 Å². The highest BCUT2D eigenvalue weighted by atomic mass is 16.5. The van der Waals surface area contributed by atoms with Gasteiger partial charge in [0.2, 0.25) is 11.8 Å². The van der Waals surface area contributed by atoms with Crippen LogP contribution in [0.5, 0.6) is 0 Å². The van der Waals surface area contributed by atoms with E-state index in [-0.39, 0.29) is 11.9 Å². The zero-order valence-corrected chi connectivity index (χ0v) is 11.1. The van der Waals surface area contributed by atoms with Crippen LogP contribution in [0.4, 0.5) is 0 Å². The van der Waals surface area contributed by atoms with Crippen LogP contribution in [0.1, 0.15) is 38.4 Å². The second kappa shape index (κ2) is 5.48. The number of carbonyl (C=O) groups excluding carboxylic acids is 1. The van der Waals surface area contributed by atoms with Crippen LogP contribution >= 0.6 is 0 Å². The van der Waals surface area contributed by atoms with E-state index in [1.165, 1.54) is 0 Å². The largest absolute Gasteiger partial charge is 0.337 e. The number of hydrogen-bond acceptors (Lipinski definition) is 5. The second-order valence-electron chi connectivity index (χ2n) is 5.01. The normalized spacial score (nSPS) is 20.8. The van der Waals surface area contributed by atoms with Crippen molar-refractivity contribution >= 4 is 5.91 Å². The van der Waals surface area contributed by atoms with E-state index in [4.69, 9.17) is 4.52 Å². The summed E-state index contributed by atoms with van der Waals surface area (Å²) in [5.74, 6) is 1.24. The Hall–Kier alpha value is -1.43. The van der Waals surface area contributed by atoms with Crippen molar-refractivity contribution in [1.29, 1.82) is 0 Å². The first-order chi connectivity index (χ1) is 8.56. The molecule has 1 saturated heterocycles. The molecule has 1 aliphatic rings. The van der Waals surface area contributed by atoms with Crippen LogP contribution in [0, 0.1) is 6.92 Å². The average Bonchev–Trinajstić information content (AvgIpc) is 2.69. The molecule has 18 heavy (non-hydrogen) atoms. The van der Waals surface area contributed by atoms with Crippen LogP contribution in [-0.4, -0.2) is 39.6 Å². The monoisotopic (exact) mass is 252 g/mol. The van der Waals surface area contributed by atoms with Gasteiger partial charge in [-0.3, -0.25) is 4.79 Å². The maximum atomic E-state index is 12.2. The Morgan fingerprint density at radius 3 is 2.94 bits per heavy atom. The van der Waals surface area contributed by atoms with Crippen molar-refractivity contribution in [1.82, 2.24) is 20.4 Å². The lowest BCUT2D eigenvalue weighted by Gasteiger charge is -2.32. The Bertz CT molecular complexity index is 416. The summed E-state index contributed by atoms with van der Waals surface area (Å²) in [6.07, 6.45) is 1.90. The second-order valence-corrected chi connectivity index (χ2v) is 5.01. The fraction of sp³-hybridized carbons (Fsp3) is 0.750. The third-order valence-corrected chi connectivity index (χ3v) is 2.96. The Morgan fingerprint density at radius 1 is 1.56 bits per heavy atom. The van der Waals surface area contributed by atoms with Crippen molar-refractivity contribution in [3.63, 3.8) is 0 Å². The fourth-order valence-corrected chi connectivity index (χ4v) is 2.22. The molecule has 1 aromatic heterocycles. The lowest BCUT2D eigenvalue weighted by molar-refractivity contribution is -0.137. The van der Waals surface area contributed by atoms with Gasteiger partial charge in [-0.05, 0) is 19.8 Å². The minimum Gasteiger partial charge on any atom is -0.337 e. The standard InChI is InChI=1S/C12H20N4O2/c1-8(2)13-10-5-4-6-16(12(10)17)7-11-14-9(3)15-18-11/h8,10,13H,4-7H2,1-3H3. The van der Waals surface area contributed by atoms with Crippen LogP contribution in [0.2, 0.25) is 0 Å². The van der Waals surface area contributed by atoms with E-state index in [1.807, 2.05) is 13.8 Å². The van der Waals surface area contributed by atoms with E-state index >= 15 is 0 Å². The van der Waals surface area contributed by atoms with E-state index in [9.17, 15) is 4.79 Å². The van der Waals surface area contributed by atoms with E-state index in [1.54, 1.807) is 11.8 Å². The molecule has 6 heteroatoms. The van der Waals surface area contributed by atoms with Gasteiger partial charge in [0.25, 0.3) is 0 Å². The number of aryl methyl sites for hydroxylation is 1. The maximum absolute atomic E-state index is 12.2. The first-order valence-corrected chi connectivity index (χ1v) is 6.40. The molecule has 0 aliphatic carbocycles. The number of carbonyl (C=O) groups is 1. The number of rotatable bonds is 4. The van der Waals surface area contributed by atoms with Gasteiger partial charge < -0.3 is 14.7 Å². The van der Waals surface area contributed by atoms with Gasteiger partial charge in [0, 0.05) is 12.6 Å². The van der Waals surface area contributed by atoms with Crippen LogP contribution in [-0.2, 0) is 11.3 Å². The molecule has 1 aliphatic heterocycles. The lowest BCUT2D eigenvalue weighted by Crippen LogP contribution is -2.52. The molecule has 0 spiro atoms. The SMILES string of the molecule is Cc1noc(CN2CCCC(NC(C)C)C2=O)n1. The number of amides is 1. The molecule has 6 nitrogen and oxygen atoms in total. The summed E-state index contributed by atoms with van der Waals surface area (Å²) >= 11 is 0. The third kappa shape index (κ3) is 3.07. The first-order valence-electron chi connectivity index (χ1n) is 6.40.